The van der Waals surface area contributed by atoms with Gasteiger partial charge in [0.25, 0.3) is 0 Å². The van der Waals surface area contributed by atoms with Crippen LogP contribution in [0.15, 0.2) is 30.3 Å². The first-order valence-electron chi connectivity index (χ1n) is 7.58. The van der Waals surface area contributed by atoms with Gasteiger partial charge >= 0.3 is 0 Å². The number of rotatable bonds is 5. The van der Waals surface area contributed by atoms with Gasteiger partial charge in [0, 0.05) is 17.5 Å². The summed E-state index contributed by atoms with van der Waals surface area (Å²) < 4.78 is 0. The van der Waals surface area contributed by atoms with Crippen molar-refractivity contribution in [2.24, 2.45) is 11.7 Å². The van der Waals surface area contributed by atoms with Crippen LogP contribution in [-0.2, 0) is 11.2 Å². The van der Waals surface area contributed by atoms with Crippen LogP contribution >= 0.6 is 12.4 Å². The van der Waals surface area contributed by atoms with Crippen molar-refractivity contribution in [1.82, 2.24) is 5.32 Å². The second-order valence-corrected chi connectivity index (χ2v) is 6.63. The number of hydrogen-bond donors (Lipinski definition) is 2. The van der Waals surface area contributed by atoms with Crippen LogP contribution in [0.25, 0.3) is 0 Å². The van der Waals surface area contributed by atoms with E-state index in [0.717, 1.165) is 32.1 Å². The Morgan fingerprint density at radius 2 is 1.95 bits per heavy atom. The molecule has 1 aromatic rings. The third-order valence-corrected chi connectivity index (χ3v) is 4.19. The van der Waals surface area contributed by atoms with Crippen molar-refractivity contribution in [2.45, 2.75) is 57.5 Å². The van der Waals surface area contributed by atoms with Crippen molar-refractivity contribution >= 4 is 18.3 Å². The Labute approximate surface area is 134 Å². The summed E-state index contributed by atoms with van der Waals surface area (Å²) in [6.45, 7) is 4.20. The van der Waals surface area contributed by atoms with E-state index in [1.54, 1.807) is 0 Å². The highest BCUT2D eigenvalue weighted by Gasteiger charge is 2.30. The fraction of sp³-hybridized carbons (Fsp3) is 0.588. The third kappa shape index (κ3) is 5.68. The van der Waals surface area contributed by atoms with E-state index < -0.39 is 0 Å². The Bertz CT molecular complexity index is 447. The zero-order valence-corrected chi connectivity index (χ0v) is 13.8. The Morgan fingerprint density at radius 3 is 2.52 bits per heavy atom. The minimum Gasteiger partial charge on any atom is -0.351 e. The van der Waals surface area contributed by atoms with E-state index in [-0.39, 0.29) is 35.8 Å². The predicted molar refractivity (Wildman–Crippen MR) is 89.5 cm³/mol. The lowest BCUT2D eigenvalue weighted by atomic mass is 9.94. The van der Waals surface area contributed by atoms with Crippen LogP contribution in [0.2, 0.25) is 0 Å². The molecule has 1 aliphatic carbocycles. The molecule has 2 unspecified atom stereocenters. The smallest absolute Gasteiger partial charge is 0.223 e. The van der Waals surface area contributed by atoms with Gasteiger partial charge in [-0.3, -0.25) is 4.79 Å². The first-order valence-corrected chi connectivity index (χ1v) is 7.58. The summed E-state index contributed by atoms with van der Waals surface area (Å²) in [5, 5.41) is 3.19. The average molecular weight is 311 g/mol. The van der Waals surface area contributed by atoms with Gasteiger partial charge in [-0.05, 0) is 51.5 Å². The lowest BCUT2D eigenvalue weighted by Crippen LogP contribution is -2.46. The van der Waals surface area contributed by atoms with Crippen molar-refractivity contribution < 1.29 is 4.79 Å². The number of nitrogens with two attached hydrogens (primary N) is 1. The molecule has 0 saturated heterocycles. The summed E-state index contributed by atoms with van der Waals surface area (Å²) in [7, 11) is 0. The second kappa shape index (κ2) is 7.81. The summed E-state index contributed by atoms with van der Waals surface area (Å²) in [5.41, 5.74) is 7.03. The SMILES string of the molecule is CC(C)(CCc1ccccc1)NC(=O)C1CCC(N)C1.Cl. The number of nitrogens with one attached hydrogen (secondary N) is 1. The maximum atomic E-state index is 12.3. The second-order valence-electron chi connectivity index (χ2n) is 6.63. The number of benzene rings is 1. The molecular formula is C17H27ClN2O. The maximum absolute atomic E-state index is 12.3. The number of halogens is 1. The van der Waals surface area contributed by atoms with E-state index in [1.165, 1.54) is 5.56 Å². The van der Waals surface area contributed by atoms with Crippen LogP contribution in [0, 0.1) is 5.92 Å². The molecule has 1 fully saturated rings. The topological polar surface area (TPSA) is 55.1 Å². The molecule has 4 heteroatoms. The van der Waals surface area contributed by atoms with Gasteiger partial charge in [0.1, 0.15) is 0 Å². The molecule has 1 aliphatic rings. The monoisotopic (exact) mass is 310 g/mol. The molecular weight excluding hydrogens is 284 g/mol. The summed E-state index contributed by atoms with van der Waals surface area (Å²) in [6.07, 6.45) is 4.67. The van der Waals surface area contributed by atoms with Gasteiger partial charge in [-0.2, -0.15) is 0 Å². The standard InChI is InChI=1S/C17H26N2O.ClH/c1-17(2,11-10-13-6-4-3-5-7-13)19-16(20)14-8-9-15(18)12-14;/h3-7,14-15H,8-12,18H2,1-2H3,(H,19,20);1H. The number of carbonyl (C=O) groups is 1. The minimum absolute atomic E-state index is 0. The third-order valence-electron chi connectivity index (χ3n) is 4.19. The van der Waals surface area contributed by atoms with Crippen molar-refractivity contribution in [3.8, 4) is 0 Å². The highest BCUT2D eigenvalue weighted by molar-refractivity contribution is 5.85. The van der Waals surface area contributed by atoms with Gasteiger partial charge in [0.15, 0.2) is 0 Å². The van der Waals surface area contributed by atoms with Gasteiger partial charge in [-0.1, -0.05) is 30.3 Å². The van der Waals surface area contributed by atoms with Crippen LogP contribution in [0.3, 0.4) is 0 Å². The van der Waals surface area contributed by atoms with Gasteiger partial charge in [-0.15, -0.1) is 12.4 Å². The highest BCUT2D eigenvalue weighted by Crippen LogP contribution is 2.25. The van der Waals surface area contributed by atoms with E-state index in [2.05, 4.69) is 43.4 Å². The quantitative estimate of drug-likeness (QED) is 0.878. The summed E-state index contributed by atoms with van der Waals surface area (Å²) in [4.78, 5) is 12.3. The van der Waals surface area contributed by atoms with E-state index in [0.29, 0.717) is 0 Å². The molecule has 3 N–H and O–H groups in total. The maximum Gasteiger partial charge on any atom is 0.223 e. The zero-order chi connectivity index (χ0) is 14.6. The van der Waals surface area contributed by atoms with Crippen LogP contribution in [0.4, 0.5) is 0 Å². The Kier molecular flexibility index (Phi) is 6.69. The highest BCUT2D eigenvalue weighted by atomic mass is 35.5. The molecule has 0 bridgehead atoms. The van der Waals surface area contributed by atoms with Crippen LogP contribution in [0.5, 0.6) is 0 Å². The van der Waals surface area contributed by atoms with Gasteiger partial charge in [0.2, 0.25) is 5.91 Å². The predicted octanol–water partition coefficient (Wildman–Crippen LogP) is 3.06. The molecule has 0 radical (unpaired) electrons. The molecule has 1 amide bonds. The van der Waals surface area contributed by atoms with E-state index >= 15 is 0 Å². The molecule has 1 saturated carbocycles. The fourth-order valence-electron chi connectivity index (χ4n) is 2.85. The molecule has 0 aromatic heterocycles. The van der Waals surface area contributed by atoms with E-state index in [1.807, 2.05) is 6.07 Å². The lowest BCUT2D eigenvalue weighted by Gasteiger charge is -2.28. The molecule has 3 nitrogen and oxygen atoms in total. The Morgan fingerprint density at radius 1 is 1.29 bits per heavy atom. The Hall–Kier alpha value is -1.06. The van der Waals surface area contributed by atoms with Crippen LogP contribution < -0.4 is 11.1 Å². The first kappa shape index (κ1) is 18.0. The normalized spacial score (nSPS) is 21.7. The zero-order valence-electron chi connectivity index (χ0n) is 13.0. The number of aryl methyl sites for hydroxylation is 1. The number of carbonyl (C=O) groups excluding carboxylic acids is 1. The van der Waals surface area contributed by atoms with Gasteiger partial charge in [-0.25, -0.2) is 0 Å². The van der Waals surface area contributed by atoms with Crippen molar-refractivity contribution in [3.05, 3.63) is 35.9 Å². The summed E-state index contributed by atoms with van der Waals surface area (Å²) in [6, 6.07) is 10.6. The molecule has 21 heavy (non-hydrogen) atoms. The largest absolute Gasteiger partial charge is 0.351 e. The Balaban J connectivity index is 0.00000220. The van der Waals surface area contributed by atoms with Gasteiger partial charge in [0.05, 0.1) is 0 Å². The van der Waals surface area contributed by atoms with E-state index in [9.17, 15) is 4.79 Å². The molecule has 0 heterocycles. The fourth-order valence-corrected chi connectivity index (χ4v) is 2.85. The molecule has 0 spiro atoms. The molecule has 118 valence electrons. The average Bonchev–Trinajstić information content (AvgIpc) is 2.84. The number of amides is 1. The lowest BCUT2D eigenvalue weighted by molar-refractivity contribution is -0.126. The van der Waals surface area contributed by atoms with Crippen molar-refractivity contribution in [1.29, 1.82) is 0 Å². The summed E-state index contributed by atoms with van der Waals surface area (Å²) in [5.74, 6) is 0.289. The summed E-state index contributed by atoms with van der Waals surface area (Å²) >= 11 is 0. The number of hydrogen-bond acceptors (Lipinski definition) is 2. The minimum atomic E-state index is -0.167. The van der Waals surface area contributed by atoms with E-state index in [4.69, 9.17) is 5.73 Å². The van der Waals surface area contributed by atoms with Crippen LogP contribution in [0.1, 0.15) is 45.1 Å². The molecule has 2 atom stereocenters. The van der Waals surface area contributed by atoms with Crippen molar-refractivity contribution in [2.75, 3.05) is 0 Å². The molecule has 0 aliphatic heterocycles. The van der Waals surface area contributed by atoms with Gasteiger partial charge < -0.3 is 11.1 Å². The molecule has 2 rings (SSSR count). The van der Waals surface area contributed by atoms with Crippen molar-refractivity contribution in [3.63, 3.8) is 0 Å². The first-order chi connectivity index (χ1) is 9.46. The molecule has 1 aromatic carbocycles. The van der Waals surface area contributed by atoms with Crippen LogP contribution in [-0.4, -0.2) is 17.5 Å².